The van der Waals surface area contributed by atoms with E-state index < -0.39 is 0 Å². The van der Waals surface area contributed by atoms with Gasteiger partial charge in [0, 0.05) is 12.1 Å². The van der Waals surface area contributed by atoms with Crippen LogP contribution in [0.2, 0.25) is 0 Å². The van der Waals surface area contributed by atoms with Crippen molar-refractivity contribution in [3.63, 3.8) is 0 Å². The second kappa shape index (κ2) is 7.19. The van der Waals surface area contributed by atoms with Crippen LogP contribution in [0.1, 0.15) is 16.8 Å². The SMILES string of the molecule is Nc1ccc(C(=O)OCCCOc2ccccc2)cc1. The van der Waals surface area contributed by atoms with Gasteiger partial charge < -0.3 is 15.2 Å². The molecule has 0 unspecified atom stereocenters. The van der Waals surface area contributed by atoms with Crippen LogP contribution in [-0.4, -0.2) is 19.2 Å². The summed E-state index contributed by atoms with van der Waals surface area (Å²) in [4.78, 5) is 11.7. The summed E-state index contributed by atoms with van der Waals surface area (Å²) in [5.41, 5.74) is 6.68. The first-order chi connectivity index (χ1) is 9.75. The second-order valence-electron chi connectivity index (χ2n) is 4.27. The van der Waals surface area contributed by atoms with Crippen LogP contribution in [0.15, 0.2) is 54.6 Å². The number of para-hydroxylation sites is 1. The zero-order valence-corrected chi connectivity index (χ0v) is 11.1. The number of benzene rings is 2. The van der Waals surface area contributed by atoms with Crippen molar-refractivity contribution < 1.29 is 14.3 Å². The maximum absolute atomic E-state index is 11.7. The third-order valence-corrected chi connectivity index (χ3v) is 2.68. The first kappa shape index (κ1) is 13.9. The van der Waals surface area contributed by atoms with Gasteiger partial charge in [0.1, 0.15) is 5.75 Å². The third kappa shape index (κ3) is 4.31. The number of anilines is 1. The Morgan fingerprint density at radius 2 is 1.65 bits per heavy atom. The van der Waals surface area contributed by atoms with Crippen LogP contribution in [0.4, 0.5) is 5.69 Å². The summed E-state index contributed by atoms with van der Waals surface area (Å²) in [6.45, 7) is 0.842. The van der Waals surface area contributed by atoms with Crippen LogP contribution in [0.25, 0.3) is 0 Å². The van der Waals surface area contributed by atoms with E-state index in [1.54, 1.807) is 24.3 Å². The van der Waals surface area contributed by atoms with E-state index in [0.29, 0.717) is 30.9 Å². The van der Waals surface area contributed by atoms with Gasteiger partial charge in [-0.1, -0.05) is 18.2 Å². The molecule has 0 radical (unpaired) electrons. The molecule has 2 rings (SSSR count). The van der Waals surface area contributed by atoms with Gasteiger partial charge in [-0.2, -0.15) is 0 Å². The predicted molar refractivity (Wildman–Crippen MR) is 77.7 cm³/mol. The minimum atomic E-state index is -0.343. The number of hydrogen-bond donors (Lipinski definition) is 1. The lowest BCUT2D eigenvalue weighted by atomic mass is 10.2. The molecule has 0 fully saturated rings. The number of esters is 1. The molecular formula is C16H17NO3. The number of rotatable bonds is 6. The third-order valence-electron chi connectivity index (χ3n) is 2.68. The number of carbonyl (C=O) groups is 1. The molecule has 2 aromatic carbocycles. The van der Waals surface area contributed by atoms with Crippen molar-refractivity contribution in [2.75, 3.05) is 18.9 Å². The molecule has 0 aliphatic carbocycles. The summed E-state index contributed by atoms with van der Waals surface area (Å²) in [7, 11) is 0. The molecule has 0 heterocycles. The molecule has 0 atom stereocenters. The Balaban J connectivity index is 1.66. The van der Waals surface area contributed by atoms with E-state index in [1.807, 2.05) is 30.3 Å². The zero-order chi connectivity index (χ0) is 14.2. The summed E-state index contributed by atoms with van der Waals surface area (Å²) >= 11 is 0. The molecule has 0 spiro atoms. The van der Waals surface area contributed by atoms with E-state index in [-0.39, 0.29) is 5.97 Å². The first-order valence-electron chi connectivity index (χ1n) is 6.46. The van der Waals surface area contributed by atoms with Crippen molar-refractivity contribution in [1.82, 2.24) is 0 Å². The fourth-order valence-electron chi connectivity index (χ4n) is 1.63. The van der Waals surface area contributed by atoms with Crippen molar-refractivity contribution >= 4 is 11.7 Å². The number of ether oxygens (including phenoxy) is 2. The van der Waals surface area contributed by atoms with Gasteiger partial charge >= 0.3 is 5.97 Å². The second-order valence-corrected chi connectivity index (χ2v) is 4.27. The van der Waals surface area contributed by atoms with Gasteiger partial charge in [-0.15, -0.1) is 0 Å². The van der Waals surface area contributed by atoms with E-state index in [1.165, 1.54) is 0 Å². The van der Waals surface area contributed by atoms with Crippen molar-refractivity contribution in [2.24, 2.45) is 0 Å². The van der Waals surface area contributed by atoms with Crippen LogP contribution < -0.4 is 10.5 Å². The number of nitrogens with two attached hydrogens (primary N) is 1. The predicted octanol–water partition coefficient (Wildman–Crippen LogP) is 2.89. The molecule has 4 heteroatoms. The standard InChI is InChI=1S/C16H17NO3/c17-14-9-7-13(8-10-14)16(18)20-12-4-11-19-15-5-2-1-3-6-15/h1-3,5-10H,4,11-12,17H2. The minimum Gasteiger partial charge on any atom is -0.493 e. The highest BCUT2D eigenvalue weighted by Crippen LogP contribution is 2.09. The quantitative estimate of drug-likeness (QED) is 0.498. The molecule has 0 aromatic heterocycles. The summed E-state index contributed by atoms with van der Waals surface area (Å²) in [5.74, 6) is 0.474. The van der Waals surface area contributed by atoms with E-state index in [0.717, 1.165) is 5.75 Å². The van der Waals surface area contributed by atoms with Gasteiger partial charge in [-0.3, -0.25) is 0 Å². The van der Waals surface area contributed by atoms with E-state index >= 15 is 0 Å². The van der Waals surface area contributed by atoms with Gasteiger partial charge in [-0.25, -0.2) is 4.79 Å². The Hall–Kier alpha value is -2.49. The molecule has 2 aromatic rings. The summed E-state index contributed by atoms with van der Waals surface area (Å²) in [6.07, 6.45) is 0.648. The van der Waals surface area contributed by atoms with Crippen molar-refractivity contribution in [1.29, 1.82) is 0 Å². The van der Waals surface area contributed by atoms with Crippen LogP contribution in [0, 0.1) is 0 Å². The summed E-state index contributed by atoms with van der Waals surface area (Å²) < 4.78 is 10.6. The molecule has 4 nitrogen and oxygen atoms in total. The van der Waals surface area contributed by atoms with Gasteiger partial charge in [0.25, 0.3) is 0 Å². The Morgan fingerprint density at radius 1 is 0.950 bits per heavy atom. The Morgan fingerprint density at radius 3 is 2.35 bits per heavy atom. The maximum Gasteiger partial charge on any atom is 0.338 e. The lowest BCUT2D eigenvalue weighted by Crippen LogP contribution is -2.09. The highest BCUT2D eigenvalue weighted by molar-refractivity contribution is 5.89. The normalized spacial score (nSPS) is 10.0. The van der Waals surface area contributed by atoms with Gasteiger partial charge in [0.05, 0.1) is 18.8 Å². The molecule has 0 saturated heterocycles. The Kier molecular flexibility index (Phi) is 5.00. The summed E-state index contributed by atoms with van der Waals surface area (Å²) in [5, 5.41) is 0. The van der Waals surface area contributed by atoms with Gasteiger partial charge in [-0.05, 0) is 36.4 Å². The van der Waals surface area contributed by atoms with E-state index in [9.17, 15) is 4.79 Å². The average molecular weight is 271 g/mol. The number of nitrogen functional groups attached to an aromatic ring is 1. The molecule has 104 valence electrons. The van der Waals surface area contributed by atoms with Crippen LogP contribution in [0.5, 0.6) is 5.75 Å². The zero-order valence-electron chi connectivity index (χ0n) is 11.1. The molecule has 0 aliphatic heterocycles. The van der Waals surface area contributed by atoms with Crippen molar-refractivity contribution in [2.45, 2.75) is 6.42 Å². The number of carbonyl (C=O) groups excluding carboxylic acids is 1. The molecule has 0 aliphatic rings. The van der Waals surface area contributed by atoms with Crippen LogP contribution in [0.3, 0.4) is 0 Å². The monoisotopic (exact) mass is 271 g/mol. The lowest BCUT2D eigenvalue weighted by Gasteiger charge is -2.07. The first-order valence-corrected chi connectivity index (χ1v) is 6.46. The molecule has 0 saturated carbocycles. The molecule has 0 bridgehead atoms. The van der Waals surface area contributed by atoms with Crippen LogP contribution >= 0.6 is 0 Å². The molecule has 2 N–H and O–H groups in total. The average Bonchev–Trinajstić information content (AvgIpc) is 2.48. The van der Waals surface area contributed by atoms with Gasteiger partial charge in [0.2, 0.25) is 0 Å². The Bertz CT molecular complexity index is 537. The van der Waals surface area contributed by atoms with Crippen molar-refractivity contribution in [3.05, 3.63) is 60.2 Å². The minimum absolute atomic E-state index is 0.329. The Labute approximate surface area is 118 Å². The van der Waals surface area contributed by atoms with Gasteiger partial charge in [0.15, 0.2) is 0 Å². The molecule has 20 heavy (non-hydrogen) atoms. The summed E-state index contributed by atoms with van der Waals surface area (Å²) in [6, 6.07) is 16.2. The molecule has 0 amide bonds. The van der Waals surface area contributed by atoms with E-state index in [2.05, 4.69) is 0 Å². The van der Waals surface area contributed by atoms with E-state index in [4.69, 9.17) is 15.2 Å². The maximum atomic E-state index is 11.7. The lowest BCUT2D eigenvalue weighted by molar-refractivity contribution is 0.0486. The smallest absolute Gasteiger partial charge is 0.338 e. The van der Waals surface area contributed by atoms with Crippen molar-refractivity contribution in [3.8, 4) is 5.75 Å². The largest absolute Gasteiger partial charge is 0.493 e. The number of hydrogen-bond acceptors (Lipinski definition) is 4. The van der Waals surface area contributed by atoms with Crippen LogP contribution in [-0.2, 0) is 4.74 Å². The fourth-order valence-corrected chi connectivity index (χ4v) is 1.63. The molecular weight excluding hydrogens is 254 g/mol. The highest BCUT2D eigenvalue weighted by atomic mass is 16.5. The fraction of sp³-hybridized carbons (Fsp3) is 0.188. The highest BCUT2D eigenvalue weighted by Gasteiger charge is 2.05. The topological polar surface area (TPSA) is 61.6 Å².